The Balaban J connectivity index is 1.000. The Hall–Kier alpha value is -6.98. The van der Waals surface area contributed by atoms with Crippen molar-refractivity contribution in [2.24, 2.45) is 0 Å². The third-order valence-corrected chi connectivity index (χ3v) is 9.64. The van der Waals surface area contributed by atoms with E-state index in [-0.39, 0.29) is 0 Å². The van der Waals surface area contributed by atoms with Crippen molar-refractivity contribution in [3.05, 3.63) is 176 Å². The van der Waals surface area contributed by atoms with Gasteiger partial charge in [-0.15, -0.1) is 0 Å². The van der Waals surface area contributed by atoms with E-state index in [0.717, 1.165) is 83.3 Å². The lowest BCUT2D eigenvalue weighted by molar-refractivity contribution is 1.19. The van der Waals surface area contributed by atoms with E-state index in [1.807, 2.05) is 42.6 Å². The average Bonchev–Trinajstić information content (AvgIpc) is 3.60. The van der Waals surface area contributed by atoms with E-state index >= 15 is 0 Å². The lowest BCUT2D eigenvalue weighted by atomic mass is 9.98. The normalized spacial score (nSPS) is 11.5. The first-order valence-corrected chi connectivity index (χ1v) is 17.1. The Kier molecular flexibility index (Phi) is 6.74. The monoisotopic (exact) mass is 651 g/mol. The minimum Gasteiger partial charge on any atom is -0.284 e. The van der Waals surface area contributed by atoms with E-state index in [1.54, 1.807) is 0 Å². The van der Waals surface area contributed by atoms with Gasteiger partial charge in [-0.1, -0.05) is 146 Å². The van der Waals surface area contributed by atoms with Crippen LogP contribution in [0.2, 0.25) is 0 Å². The fourth-order valence-electron chi connectivity index (χ4n) is 7.09. The highest BCUT2D eigenvalue weighted by Gasteiger charge is 2.16. The van der Waals surface area contributed by atoms with Gasteiger partial charge in [-0.05, 0) is 46.5 Å². The van der Waals surface area contributed by atoms with Crippen LogP contribution in [0.25, 0.3) is 94.6 Å². The fourth-order valence-corrected chi connectivity index (χ4v) is 7.09. The van der Waals surface area contributed by atoms with Crippen LogP contribution in [0, 0.1) is 0 Å². The number of fused-ring (bicyclic) bond motifs is 6. The molecule has 0 saturated heterocycles. The molecule has 0 radical (unpaired) electrons. The molecule has 0 fully saturated rings. The van der Waals surface area contributed by atoms with Gasteiger partial charge in [0.25, 0.3) is 0 Å². The molecule has 0 spiro atoms. The highest BCUT2D eigenvalue weighted by molar-refractivity contribution is 6.09. The number of pyridine rings is 2. The van der Waals surface area contributed by atoms with Crippen molar-refractivity contribution in [2.75, 3.05) is 0 Å². The minimum absolute atomic E-state index is 0.705. The Labute approximate surface area is 294 Å². The largest absolute Gasteiger partial charge is 0.284 e. The van der Waals surface area contributed by atoms with Crippen LogP contribution in [-0.2, 0) is 0 Å². The number of hydrogen-bond donors (Lipinski definition) is 0. The van der Waals surface area contributed by atoms with E-state index in [4.69, 9.17) is 19.9 Å². The molecule has 0 amide bonds. The molecule has 0 atom stereocenters. The van der Waals surface area contributed by atoms with Gasteiger partial charge in [0.05, 0.1) is 16.9 Å². The van der Waals surface area contributed by atoms with E-state index in [9.17, 15) is 0 Å². The number of para-hydroxylation sites is 1. The summed E-state index contributed by atoms with van der Waals surface area (Å²) in [5, 5.41) is 3.22. The molecule has 0 bridgehead atoms. The van der Waals surface area contributed by atoms with Crippen LogP contribution in [0.5, 0.6) is 0 Å². The SMILES string of the molecule is c1ccc(-c2cccc(-c3nc(-c4ccc(-c5ccc(-c6nc7c(nc8ccccn87)c7ccccc67)cc5)cc4)nc4ccccc34)c2)cc1. The maximum atomic E-state index is 5.17. The molecule has 5 heteroatoms. The van der Waals surface area contributed by atoms with Gasteiger partial charge in [-0.3, -0.25) is 4.40 Å². The van der Waals surface area contributed by atoms with Gasteiger partial charge >= 0.3 is 0 Å². The predicted molar refractivity (Wildman–Crippen MR) is 208 cm³/mol. The van der Waals surface area contributed by atoms with Crippen molar-refractivity contribution < 1.29 is 0 Å². The molecule has 0 aliphatic carbocycles. The van der Waals surface area contributed by atoms with Crippen molar-refractivity contribution in [1.82, 2.24) is 24.3 Å². The summed E-state index contributed by atoms with van der Waals surface area (Å²) in [5.41, 5.74) is 13.2. The third kappa shape index (κ3) is 5.03. The zero-order valence-corrected chi connectivity index (χ0v) is 27.5. The standard InChI is InChI=1S/C46H29N5/c1-2-11-30(12-3-1)35-13-10-14-36(29-35)43-39-17-6-7-18-40(39)47-45(49-43)34-26-22-32(23-27-34)31-20-24-33(25-21-31)42-37-15-4-5-16-38(37)44-46(50-42)51-28-9-8-19-41(51)48-44/h1-29H. The van der Waals surface area contributed by atoms with Crippen LogP contribution >= 0.6 is 0 Å². The van der Waals surface area contributed by atoms with Crippen LogP contribution in [0.15, 0.2) is 176 Å². The zero-order chi connectivity index (χ0) is 33.7. The molecular weight excluding hydrogens is 623 g/mol. The summed E-state index contributed by atoms with van der Waals surface area (Å²) >= 11 is 0. The number of hydrogen-bond acceptors (Lipinski definition) is 4. The molecule has 4 heterocycles. The second kappa shape index (κ2) is 11.9. The average molecular weight is 652 g/mol. The lowest BCUT2D eigenvalue weighted by Gasteiger charge is -2.11. The molecule has 10 aromatic rings. The molecular formula is C46H29N5. The number of benzene rings is 6. The van der Waals surface area contributed by atoms with Crippen molar-refractivity contribution in [2.45, 2.75) is 0 Å². The Morgan fingerprint density at radius 1 is 0.353 bits per heavy atom. The molecule has 0 aliphatic heterocycles. The lowest BCUT2D eigenvalue weighted by Crippen LogP contribution is -1.95. The molecule has 238 valence electrons. The van der Waals surface area contributed by atoms with Gasteiger partial charge in [0.2, 0.25) is 0 Å². The van der Waals surface area contributed by atoms with Gasteiger partial charge in [-0.25, -0.2) is 19.9 Å². The van der Waals surface area contributed by atoms with Crippen LogP contribution in [0.4, 0.5) is 0 Å². The summed E-state index contributed by atoms with van der Waals surface area (Å²) in [6.45, 7) is 0. The van der Waals surface area contributed by atoms with Crippen LogP contribution in [-0.4, -0.2) is 24.3 Å². The highest BCUT2D eigenvalue weighted by atomic mass is 15.1. The third-order valence-electron chi connectivity index (χ3n) is 9.64. The summed E-state index contributed by atoms with van der Waals surface area (Å²) in [6.07, 6.45) is 2.02. The molecule has 10 rings (SSSR count). The van der Waals surface area contributed by atoms with Crippen molar-refractivity contribution in [3.63, 3.8) is 0 Å². The Morgan fingerprint density at radius 2 is 0.941 bits per heavy atom. The second-order valence-corrected chi connectivity index (χ2v) is 12.7. The Bertz CT molecular complexity index is 2890. The fraction of sp³-hybridized carbons (Fsp3) is 0. The van der Waals surface area contributed by atoms with E-state index in [1.165, 1.54) is 5.56 Å². The van der Waals surface area contributed by atoms with E-state index in [2.05, 4.69) is 138 Å². The molecule has 5 nitrogen and oxygen atoms in total. The summed E-state index contributed by atoms with van der Waals surface area (Å²) < 4.78 is 2.06. The predicted octanol–water partition coefficient (Wildman–Crippen LogP) is 11.3. The van der Waals surface area contributed by atoms with Crippen molar-refractivity contribution in [1.29, 1.82) is 0 Å². The summed E-state index contributed by atoms with van der Waals surface area (Å²) in [6, 6.07) is 58.9. The first-order chi connectivity index (χ1) is 25.3. The maximum Gasteiger partial charge on any atom is 0.165 e. The molecule has 51 heavy (non-hydrogen) atoms. The first kappa shape index (κ1) is 29.0. The number of rotatable bonds is 5. The van der Waals surface area contributed by atoms with Gasteiger partial charge in [0, 0.05) is 39.0 Å². The molecule has 4 aromatic heterocycles. The van der Waals surface area contributed by atoms with Crippen molar-refractivity contribution in [3.8, 4) is 56.2 Å². The smallest absolute Gasteiger partial charge is 0.165 e. The van der Waals surface area contributed by atoms with Gasteiger partial charge in [-0.2, -0.15) is 0 Å². The molecule has 0 aliphatic rings. The summed E-state index contributed by atoms with van der Waals surface area (Å²) in [5.74, 6) is 0.705. The van der Waals surface area contributed by atoms with E-state index in [0.29, 0.717) is 5.82 Å². The van der Waals surface area contributed by atoms with Gasteiger partial charge in [0.1, 0.15) is 11.2 Å². The number of imidazole rings is 1. The van der Waals surface area contributed by atoms with Crippen LogP contribution < -0.4 is 0 Å². The Morgan fingerprint density at radius 3 is 1.75 bits per heavy atom. The zero-order valence-electron chi connectivity index (χ0n) is 27.5. The number of nitrogens with zero attached hydrogens (tertiary/aromatic N) is 5. The van der Waals surface area contributed by atoms with Gasteiger partial charge < -0.3 is 0 Å². The summed E-state index contributed by atoms with van der Waals surface area (Å²) in [7, 11) is 0. The molecule has 0 saturated carbocycles. The molecule has 0 N–H and O–H groups in total. The number of aromatic nitrogens is 5. The maximum absolute atomic E-state index is 5.17. The summed E-state index contributed by atoms with van der Waals surface area (Å²) in [4.78, 5) is 20.2. The van der Waals surface area contributed by atoms with Crippen LogP contribution in [0.1, 0.15) is 0 Å². The molecule has 6 aromatic carbocycles. The van der Waals surface area contributed by atoms with E-state index < -0.39 is 0 Å². The molecule has 0 unspecified atom stereocenters. The second-order valence-electron chi connectivity index (χ2n) is 12.7. The van der Waals surface area contributed by atoms with Crippen LogP contribution in [0.3, 0.4) is 0 Å². The highest BCUT2D eigenvalue weighted by Crippen LogP contribution is 2.35. The first-order valence-electron chi connectivity index (χ1n) is 17.1. The topological polar surface area (TPSA) is 56.0 Å². The quantitative estimate of drug-likeness (QED) is 0.186. The van der Waals surface area contributed by atoms with Crippen molar-refractivity contribution >= 4 is 38.5 Å². The minimum atomic E-state index is 0.705. The van der Waals surface area contributed by atoms with Gasteiger partial charge in [0.15, 0.2) is 11.5 Å².